The van der Waals surface area contributed by atoms with Gasteiger partial charge in [-0.25, -0.2) is 19.2 Å². The Bertz CT molecular complexity index is 781. The first-order chi connectivity index (χ1) is 15.6. The molecule has 0 fully saturated rings. The number of aromatic carboxylic acids is 2. The molecule has 0 saturated heterocycles. The van der Waals surface area contributed by atoms with Crippen LogP contribution in [-0.2, 0) is 14.3 Å². The number of carbonyl (C=O) groups is 4. The average Bonchev–Trinajstić information content (AvgIpc) is 3.16. The highest BCUT2D eigenvalue weighted by Gasteiger charge is 2.28. The van der Waals surface area contributed by atoms with Gasteiger partial charge in [-0.2, -0.15) is 0 Å². The number of carbonyl (C=O) groups excluding carboxylic acids is 2. The summed E-state index contributed by atoms with van der Waals surface area (Å²) in [5.41, 5.74) is -0.404. The van der Waals surface area contributed by atoms with E-state index < -0.39 is 36.1 Å². The van der Waals surface area contributed by atoms with Crippen LogP contribution < -0.4 is 0 Å². The van der Waals surface area contributed by atoms with Gasteiger partial charge in [0.15, 0.2) is 0 Å². The molecule has 0 spiro atoms. The Morgan fingerprint density at radius 1 is 0.912 bits per heavy atom. The summed E-state index contributed by atoms with van der Waals surface area (Å²) in [7, 11) is 0. The molecule has 0 bridgehead atoms. The van der Waals surface area contributed by atoms with Gasteiger partial charge in [0, 0.05) is 17.6 Å². The van der Waals surface area contributed by atoms with Gasteiger partial charge in [-0.15, -0.1) is 0 Å². The summed E-state index contributed by atoms with van der Waals surface area (Å²) < 4.78 is 3.97. The minimum atomic E-state index is -1.13. The Labute approximate surface area is 197 Å². The van der Waals surface area contributed by atoms with Crippen molar-refractivity contribution in [1.29, 1.82) is 0 Å². The number of hydrogen-bond donors (Lipinski definition) is 6. The summed E-state index contributed by atoms with van der Waals surface area (Å²) in [6, 6.07) is 5.20. The van der Waals surface area contributed by atoms with Crippen molar-refractivity contribution < 1.29 is 54.6 Å². The SMILES string of the molecule is CC(C)C(O)C(C)(C)CO.CC(O)CO.O=C(O)c1cccc(C(=O)O)c1.O=C1C=CC(=O)O1. The number of carboxylic acid groups (broad SMARTS) is 2. The van der Waals surface area contributed by atoms with E-state index in [1.165, 1.54) is 25.1 Å². The van der Waals surface area contributed by atoms with Crippen LogP contribution in [0.2, 0.25) is 0 Å². The van der Waals surface area contributed by atoms with Crippen LogP contribution in [0.4, 0.5) is 0 Å². The molecule has 0 saturated carbocycles. The fourth-order valence-electron chi connectivity index (χ4n) is 2.08. The smallest absolute Gasteiger partial charge is 0.338 e. The number of ether oxygens (including phenoxy) is 1. The number of aliphatic hydroxyl groups excluding tert-OH is 4. The molecule has 1 aliphatic heterocycles. The van der Waals surface area contributed by atoms with E-state index >= 15 is 0 Å². The molecule has 0 radical (unpaired) electrons. The Hall–Kier alpha value is -3.12. The van der Waals surface area contributed by atoms with E-state index in [0.717, 1.165) is 18.2 Å². The molecule has 192 valence electrons. The quantitative estimate of drug-likeness (QED) is 0.248. The van der Waals surface area contributed by atoms with Crippen LogP contribution in [0.3, 0.4) is 0 Å². The molecule has 2 rings (SSSR count). The number of esters is 2. The van der Waals surface area contributed by atoms with Gasteiger partial charge in [-0.05, 0) is 31.0 Å². The number of cyclic esters (lactones) is 2. The van der Waals surface area contributed by atoms with Crippen molar-refractivity contribution in [3.8, 4) is 0 Å². The average molecular weight is 487 g/mol. The van der Waals surface area contributed by atoms with Crippen molar-refractivity contribution in [1.82, 2.24) is 0 Å². The lowest BCUT2D eigenvalue weighted by Gasteiger charge is -2.30. The zero-order chi connectivity index (χ0) is 27.1. The molecule has 0 aliphatic carbocycles. The topological polar surface area (TPSA) is 199 Å². The van der Waals surface area contributed by atoms with E-state index in [1.807, 2.05) is 27.7 Å². The molecule has 11 nitrogen and oxygen atoms in total. The fraction of sp³-hybridized carbons (Fsp3) is 0.478. The van der Waals surface area contributed by atoms with Gasteiger partial charge >= 0.3 is 23.9 Å². The highest BCUT2D eigenvalue weighted by Crippen LogP contribution is 2.24. The third kappa shape index (κ3) is 14.9. The predicted molar refractivity (Wildman–Crippen MR) is 121 cm³/mol. The van der Waals surface area contributed by atoms with Crippen LogP contribution >= 0.6 is 0 Å². The van der Waals surface area contributed by atoms with E-state index in [-0.39, 0.29) is 35.7 Å². The van der Waals surface area contributed by atoms with E-state index in [1.54, 1.807) is 0 Å². The van der Waals surface area contributed by atoms with Gasteiger partial charge in [0.2, 0.25) is 0 Å². The minimum absolute atomic E-state index is 0.0186. The molecular weight excluding hydrogens is 452 g/mol. The second kappa shape index (κ2) is 16.5. The molecule has 0 amide bonds. The first kappa shape index (κ1) is 33.1. The maximum absolute atomic E-state index is 10.4. The summed E-state index contributed by atoms with van der Waals surface area (Å²) in [6.07, 6.45) is 1.19. The minimum Gasteiger partial charge on any atom is -0.478 e. The van der Waals surface area contributed by atoms with Gasteiger partial charge in [0.05, 0.1) is 36.5 Å². The number of rotatable bonds is 6. The second-order valence-electron chi connectivity index (χ2n) is 8.13. The second-order valence-corrected chi connectivity index (χ2v) is 8.13. The van der Waals surface area contributed by atoms with Crippen LogP contribution in [0, 0.1) is 11.3 Å². The lowest BCUT2D eigenvalue weighted by molar-refractivity contribution is -0.150. The van der Waals surface area contributed by atoms with Crippen molar-refractivity contribution in [2.24, 2.45) is 11.3 Å². The molecule has 1 aromatic rings. The lowest BCUT2D eigenvalue weighted by atomic mass is 9.82. The molecule has 11 heteroatoms. The summed E-state index contributed by atoms with van der Waals surface area (Å²) >= 11 is 0. The molecule has 2 atom stereocenters. The molecule has 1 heterocycles. The van der Waals surface area contributed by atoms with Gasteiger partial charge in [-0.3, -0.25) is 0 Å². The van der Waals surface area contributed by atoms with E-state index in [4.69, 9.17) is 25.5 Å². The molecule has 6 N–H and O–H groups in total. The number of carboxylic acids is 2. The normalized spacial score (nSPS) is 13.8. The van der Waals surface area contributed by atoms with Crippen LogP contribution in [0.25, 0.3) is 0 Å². The Balaban J connectivity index is 0. The van der Waals surface area contributed by atoms with Gasteiger partial charge < -0.3 is 35.4 Å². The molecule has 1 aliphatic rings. The first-order valence-electron chi connectivity index (χ1n) is 10.2. The fourth-order valence-corrected chi connectivity index (χ4v) is 2.08. The third-order valence-corrected chi connectivity index (χ3v) is 4.02. The predicted octanol–water partition coefficient (Wildman–Crippen LogP) is 1.09. The maximum atomic E-state index is 10.4. The van der Waals surface area contributed by atoms with Crippen LogP contribution in [-0.4, -0.2) is 79.9 Å². The third-order valence-electron chi connectivity index (χ3n) is 4.02. The van der Waals surface area contributed by atoms with Crippen LogP contribution in [0.15, 0.2) is 36.4 Å². The highest BCUT2D eigenvalue weighted by molar-refractivity contribution is 6.04. The number of hydrogen-bond acceptors (Lipinski definition) is 9. The van der Waals surface area contributed by atoms with Gasteiger partial charge in [0.1, 0.15) is 0 Å². The number of aliphatic hydroxyl groups is 4. The summed E-state index contributed by atoms with van der Waals surface area (Å²) in [4.78, 5) is 40.6. The molecule has 34 heavy (non-hydrogen) atoms. The zero-order valence-electron chi connectivity index (χ0n) is 19.8. The maximum Gasteiger partial charge on any atom is 0.338 e. The first-order valence-corrected chi connectivity index (χ1v) is 10.2. The van der Waals surface area contributed by atoms with Crippen molar-refractivity contribution >= 4 is 23.9 Å². The van der Waals surface area contributed by atoms with E-state index in [2.05, 4.69) is 4.74 Å². The molecular formula is C23H34O11. The summed E-state index contributed by atoms with van der Waals surface area (Å²) in [5, 5.41) is 51.3. The lowest BCUT2D eigenvalue weighted by Crippen LogP contribution is -2.36. The Kier molecular flexibility index (Phi) is 16.0. The molecule has 2 unspecified atom stereocenters. The summed E-state index contributed by atoms with van der Waals surface area (Å²) in [5.74, 6) is -3.20. The monoisotopic (exact) mass is 486 g/mol. The van der Waals surface area contributed by atoms with E-state index in [9.17, 15) is 24.3 Å². The standard InChI is InChI=1S/C8H6O4.C8H18O2.C4H2O3.C3H8O2/c9-7(10)5-2-1-3-6(4-5)8(11)12;1-6(2)7(10)8(3,4)5-9;5-3-1-2-4(6)7-3;1-3(5)2-4/h1-4H,(H,9,10)(H,11,12);6-7,9-10H,5H2,1-4H3;1-2H;3-5H,2H2,1H3. The largest absolute Gasteiger partial charge is 0.478 e. The van der Waals surface area contributed by atoms with Gasteiger partial charge in [-0.1, -0.05) is 33.8 Å². The Morgan fingerprint density at radius 3 is 1.47 bits per heavy atom. The summed E-state index contributed by atoms with van der Waals surface area (Å²) in [6.45, 7) is 9.03. The van der Waals surface area contributed by atoms with Crippen molar-refractivity contribution in [2.75, 3.05) is 13.2 Å². The molecule has 0 aromatic heterocycles. The highest BCUT2D eigenvalue weighted by atomic mass is 16.6. The van der Waals surface area contributed by atoms with Crippen LogP contribution in [0.5, 0.6) is 0 Å². The van der Waals surface area contributed by atoms with Crippen LogP contribution in [0.1, 0.15) is 55.3 Å². The molecule has 1 aromatic carbocycles. The van der Waals surface area contributed by atoms with Crippen molar-refractivity contribution in [2.45, 2.75) is 46.8 Å². The Morgan fingerprint density at radius 2 is 1.29 bits per heavy atom. The van der Waals surface area contributed by atoms with E-state index in [0.29, 0.717) is 0 Å². The van der Waals surface area contributed by atoms with Crippen molar-refractivity contribution in [3.63, 3.8) is 0 Å². The zero-order valence-corrected chi connectivity index (χ0v) is 19.8. The van der Waals surface area contributed by atoms with Crippen molar-refractivity contribution in [3.05, 3.63) is 47.5 Å². The van der Waals surface area contributed by atoms with Gasteiger partial charge in [0.25, 0.3) is 0 Å². The number of benzene rings is 1.